The number of carbonyl (C=O) groups excluding carboxylic acids is 3. The van der Waals surface area contributed by atoms with Crippen molar-refractivity contribution in [1.82, 2.24) is 10.6 Å². The van der Waals surface area contributed by atoms with E-state index in [0.717, 1.165) is 6.07 Å². The zero-order valence-corrected chi connectivity index (χ0v) is 19.8. The molecular weight excluding hydrogens is 479 g/mol. The number of carbonyl (C=O) groups is 3. The van der Waals surface area contributed by atoms with E-state index in [2.05, 4.69) is 10.6 Å². The number of aryl methyl sites for hydroxylation is 1. The van der Waals surface area contributed by atoms with Crippen LogP contribution in [0.4, 0.5) is 4.39 Å². The number of ketones is 1. The second kappa shape index (κ2) is 8.95. The first-order valence-electron chi connectivity index (χ1n) is 11.7. The van der Waals surface area contributed by atoms with E-state index in [9.17, 15) is 23.9 Å². The normalized spacial score (nSPS) is 27.3. The van der Waals surface area contributed by atoms with Crippen molar-refractivity contribution in [3.05, 3.63) is 52.2 Å². The molecule has 2 amide bonds. The number of hydrogen-bond acceptors (Lipinski definition) is 6. The Hall–Kier alpha value is -2.91. The standard InChI is InChI=1S/C25H26ClFN2O6/c26-16-5-4-14(10-17(16)27)34-13-21(32)28-24-6-8-25(9-7-24,20(31)11-24)29-23(33)15-12-35-19-3-1-2-18(30)22(15)19/h4-5,10,12,20,31H,1-3,6-9,11,13H2,(H,28,32)(H,29,33). The molecule has 186 valence electrons. The molecule has 0 spiro atoms. The highest BCUT2D eigenvalue weighted by molar-refractivity contribution is 6.30. The summed E-state index contributed by atoms with van der Waals surface area (Å²) in [4.78, 5) is 38.0. The Morgan fingerprint density at radius 3 is 2.69 bits per heavy atom. The van der Waals surface area contributed by atoms with Crippen LogP contribution < -0.4 is 15.4 Å². The first kappa shape index (κ1) is 23.8. The third kappa shape index (κ3) is 4.43. The van der Waals surface area contributed by atoms with E-state index in [4.69, 9.17) is 20.8 Å². The Morgan fingerprint density at radius 2 is 1.97 bits per heavy atom. The highest BCUT2D eigenvalue weighted by atomic mass is 35.5. The van der Waals surface area contributed by atoms with Crippen molar-refractivity contribution in [2.75, 3.05) is 6.61 Å². The molecule has 1 atom stereocenters. The van der Waals surface area contributed by atoms with Gasteiger partial charge in [0.25, 0.3) is 11.8 Å². The van der Waals surface area contributed by atoms with Gasteiger partial charge in [0, 0.05) is 24.4 Å². The lowest BCUT2D eigenvalue weighted by Gasteiger charge is -2.56. The molecule has 0 saturated heterocycles. The van der Waals surface area contributed by atoms with Crippen LogP contribution in [0.15, 0.2) is 28.9 Å². The summed E-state index contributed by atoms with van der Waals surface area (Å²) in [6, 6.07) is 3.94. The summed E-state index contributed by atoms with van der Waals surface area (Å²) in [5.74, 6) is -0.804. The molecule has 1 aromatic carbocycles. The lowest BCUT2D eigenvalue weighted by molar-refractivity contribution is -0.129. The number of rotatable bonds is 6. The van der Waals surface area contributed by atoms with Crippen LogP contribution in [0.2, 0.25) is 5.02 Å². The van der Waals surface area contributed by atoms with E-state index in [1.54, 1.807) is 0 Å². The number of halogens is 2. The van der Waals surface area contributed by atoms with Crippen molar-refractivity contribution < 1.29 is 33.0 Å². The predicted octanol–water partition coefficient (Wildman–Crippen LogP) is 3.33. The summed E-state index contributed by atoms with van der Waals surface area (Å²) in [6.07, 6.45) is 4.51. The van der Waals surface area contributed by atoms with Crippen molar-refractivity contribution >= 4 is 29.2 Å². The van der Waals surface area contributed by atoms with Gasteiger partial charge in [0.1, 0.15) is 23.6 Å². The van der Waals surface area contributed by atoms with Crippen molar-refractivity contribution in [2.45, 2.75) is 68.5 Å². The van der Waals surface area contributed by atoms with Gasteiger partial charge < -0.3 is 24.9 Å². The number of nitrogens with one attached hydrogen (secondary N) is 2. The molecule has 8 nitrogen and oxygen atoms in total. The number of amides is 2. The number of hydrogen-bond donors (Lipinski definition) is 3. The highest BCUT2D eigenvalue weighted by Gasteiger charge is 2.55. The summed E-state index contributed by atoms with van der Waals surface area (Å²) in [5.41, 5.74) is -0.864. The van der Waals surface area contributed by atoms with E-state index >= 15 is 0 Å². The fourth-order valence-electron chi connectivity index (χ4n) is 5.59. The minimum Gasteiger partial charge on any atom is -0.484 e. The third-order valence-corrected chi connectivity index (χ3v) is 7.85. The monoisotopic (exact) mass is 504 g/mol. The molecule has 1 heterocycles. The summed E-state index contributed by atoms with van der Waals surface area (Å²) in [5, 5.41) is 16.9. The van der Waals surface area contributed by atoms with E-state index in [1.807, 2.05) is 0 Å². The molecule has 1 aromatic heterocycles. The Bertz CT molecular complexity index is 1190. The van der Waals surface area contributed by atoms with Gasteiger partial charge in [-0.3, -0.25) is 14.4 Å². The Kier molecular flexibility index (Phi) is 6.09. The molecule has 3 N–H and O–H groups in total. The van der Waals surface area contributed by atoms with Crippen LogP contribution in [-0.4, -0.2) is 46.5 Å². The molecule has 0 aliphatic heterocycles. The van der Waals surface area contributed by atoms with Gasteiger partial charge in [-0.25, -0.2) is 4.39 Å². The van der Waals surface area contributed by atoms with Gasteiger partial charge >= 0.3 is 0 Å². The fourth-order valence-corrected chi connectivity index (χ4v) is 5.71. The third-order valence-electron chi connectivity index (χ3n) is 7.55. The maximum Gasteiger partial charge on any atom is 0.258 e. The van der Waals surface area contributed by atoms with Crippen molar-refractivity contribution in [3.8, 4) is 5.75 Å². The molecule has 4 aliphatic carbocycles. The molecule has 3 saturated carbocycles. The number of fused-ring (bicyclic) bond motifs is 4. The van der Waals surface area contributed by atoms with Crippen LogP contribution in [0.25, 0.3) is 0 Å². The van der Waals surface area contributed by atoms with Gasteiger partial charge in [0.15, 0.2) is 12.4 Å². The van der Waals surface area contributed by atoms with Crippen molar-refractivity contribution in [2.24, 2.45) is 0 Å². The average molecular weight is 505 g/mol. The highest BCUT2D eigenvalue weighted by Crippen LogP contribution is 2.47. The molecule has 0 radical (unpaired) electrons. The Labute approximate surface area is 206 Å². The molecule has 6 rings (SSSR count). The lowest BCUT2D eigenvalue weighted by Crippen LogP contribution is -2.70. The maximum absolute atomic E-state index is 13.6. The summed E-state index contributed by atoms with van der Waals surface area (Å²) >= 11 is 5.66. The number of benzene rings is 1. The minimum atomic E-state index is -0.876. The lowest BCUT2D eigenvalue weighted by atomic mass is 9.59. The van der Waals surface area contributed by atoms with Crippen LogP contribution in [-0.2, 0) is 11.2 Å². The molecule has 2 bridgehead atoms. The summed E-state index contributed by atoms with van der Waals surface area (Å²) < 4.78 is 24.4. The van der Waals surface area contributed by atoms with Gasteiger partial charge in [-0.2, -0.15) is 0 Å². The molecule has 4 aliphatic rings. The smallest absolute Gasteiger partial charge is 0.258 e. The Morgan fingerprint density at radius 1 is 1.20 bits per heavy atom. The molecular formula is C25H26ClFN2O6. The zero-order chi connectivity index (χ0) is 24.8. The quantitative estimate of drug-likeness (QED) is 0.555. The summed E-state index contributed by atoms with van der Waals surface area (Å²) in [7, 11) is 0. The summed E-state index contributed by atoms with van der Waals surface area (Å²) in [6.45, 7) is -0.305. The van der Waals surface area contributed by atoms with Gasteiger partial charge in [0.05, 0.1) is 27.8 Å². The average Bonchev–Trinajstić information content (AvgIpc) is 3.27. The first-order valence-corrected chi connectivity index (χ1v) is 12.1. The second-order valence-corrected chi connectivity index (χ2v) is 10.2. The van der Waals surface area contributed by atoms with Crippen LogP contribution >= 0.6 is 11.6 Å². The van der Waals surface area contributed by atoms with Crippen molar-refractivity contribution in [1.29, 1.82) is 0 Å². The molecule has 2 aromatic rings. The molecule has 1 unspecified atom stereocenters. The SMILES string of the molecule is O=C(COc1ccc(Cl)c(F)c1)NC12CCC(NC(=O)c3coc4c3C(=O)CCC4)(CC1)C(O)C2. The number of aliphatic hydroxyl groups is 1. The number of Topliss-reactive ketones (excluding diaryl/α,β-unsaturated/α-hetero) is 1. The first-order chi connectivity index (χ1) is 16.7. The minimum absolute atomic E-state index is 0.0334. The zero-order valence-electron chi connectivity index (χ0n) is 19.0. The van der Waals surface area contributed by atoms with Gasteiger partial charge in [0.2, 0.25) is 0 Å². The number of ether oxygens (including phenoxy) is 1. The second-order valence-electron chi connectivity index (χ2n) is 9.75. The van der Waals surface area contributed by atoms with Crippen LogP contribution in [0.5, 0.6) is 5.75 Å². The van der Waals surface area contributed by atoms with Crippen LogP contribution in [0, 0.1) is 5.82 Å². The predicted molar refractivity (Wildman–Crippen MR) is 123 cm³/mol. The van der Waals surface area contributed by atoms with E-state index in [1.165, 1.54) is 18.4 Å². The van der Waals surface area contributed by atoms with E-state index in [0.29, 0.717) is 56.3 Å². The fraction of sp³-hybridized carbons (Fsp3) is 0.480. The molecule has 35 heavy (non-hydrogen) atoms. The number of furan rings is 1. The van der Waals surface area contributed by atoms with Gasteiger partial charge in [-0.15, -0.1) is 0 Å². The number of aliphatic hydroxyl groups excluding tert-OH is 1. The van der Waals surface area contributed by atoms with Crippen molar-refractivity contribution in [3.63, 3.8) is 0 Å². The largest absolute Gasteiger partial charge is 0.484 e. The van der Waals surface area contributed by atoms with Crippen LogP contribution in [0.3, 0.4) is 0 Å². The molecule has 3 fully saturated rings. The topological polar surface area (TPSA) is 118 Å². The van der Waals surface area contributed by atoms with Crippen LogP contribution in [0.1, 0.15) is 71.4 Å². The van der Waals surface area contributed by atoms with Gasteiger partial charge in [-0.05, 0) is 50.7 Å². The maximum atomic E-state index is 13.6. The van der Waals surface area contributed by atoms with Gasteiger partial charge in [-0.1, -0.05) is 11.6 Å². The Balaban J connectivity index is 1.20. The van der Waals surface area contributed by atoms with E-state index in [-0.39, 0.29) is 41.1 Å². The van der Waals surface area contributed by atoms with E-state index < -0.39 is 28.9 Å². The molecule has 10 heteroatoms.